The Labute approximate surface area is 183 Å². The largest absolute Gasteiger partial charge is 0.494 e. The molecule has 0 radical (unpaired) electrons. The number of hydrogen-bond donors (Lipinski definition) is 0. The average Bonchev–Trinajstić information content (AvgIpc) is 2.74. The Hall–Kier alpha value is -2.81. The van der Waals surface area contributed by atoms with Gasteiger partial charge in [0.05, 0.1) is 18.6 Å². The van der Waals surface area contributed by atoms with E-state index in [-0.39, 0.29) is 11.7 Å². The van der Waals surface area contributed by atoms with Crippen molar-refractivity contribution in [2.75, 3.05) is 48.2 Å². The Morgan fingerprint density at radius 2 is 1.65 bits per heavy atom. The van der Waals surface area contributed by atoms with Crippen LogP contribution in [0.4, 0.5) is 15.8 Å². The highest BCUT2D eigenvalue weighted by Gasteiger charge is 2.33. The van der Waals surface area contributed by atoms with Crippen molar-refractivity contribution in [3.63, 3.8) is 0 Å². The van der Waals surface area contributed by atoms with Crippen molar-refractivity contribution in [1.29, 1.82) is 0 Å². The summed E-state index contributed by atoms with van der Waals surface area (Å²) in [6.45, 7) is 6.08. The van der Waals surface area contributed by atoms with E-state index in [0.717, 1.165) is 16.2 Å². The molecule has 2 aromatic carbocycles. The molecule has 168 valence electrons. The van der Waals surface area contributed by atoms with E-state index < -0.39 is 16.1 Å². The minimum Gasteiger partial charge on any atom is -0.494 e. The number of piperazine rings is 1. The van der Waals surface area contributed by atoms with Crippen LogP contribution in [0, 0.1) is 5.82 Å². The Bertz CT molecular complexity index is 988. The first kappa shape index (κ1) is 22.9. The first-order valence-electron chi connectivity index (χ1n) is 10.2. The number of anilines is 2. The molecule has 0 saturated carbocycles. The van der Waals surface area contributed by atoms with Crippen LogP contribution >= 0.6 is 0 Å². The normalized spacial score (nSPS) is 15.5. The van der Waals surface area contributed by atoms with Crippen molar-refractivity contribution in [3.05, 3.63) is 54.3 Å². The van der Waals surface area contributed by atoms with Crippen LogP contribution in [0.1, 0.15) is 13.8 Å². The lowest BCUT2D eigenvalue weighted by atomic mass is 10.2. The molecule has 1 heterocycles. The van der Waals surface area contributed by atoms with E-state index in [1.54, 1.807) is 48.2 Å². The molecular weight excluding hydrogens is 421 g/mol. The third-order valence-electron chi connectivity index (χ3n) is 5.25. The second-order valence-corrected chi connectivity index (χ2v) is 9.31. The predicted octanol–water partition coefficient (Wildman–Crippen LogP) is 2.73. The maximum Gasteiger partial charge on any atom is 0.246 e. The summed E-state index contributed by atoms with van der Waals surface area (Å²) >= 11 is 0. The number of amides is 1. The third-order valence-corrected chi connectivity index (χ3v) is 6.49. The second kappa shape index (κ2) is 9.55. The fraction of sp³-hybridized carbons (Fsp3) is 0.409. The van der Waals surface area contributed by atoms with Crippen molar-refractivity contribution in [2.24, 2.45) is 0 Å². The summed E-state index contributed by atoms with van der Waals surface area (Å²) in [4.78, 5) is 16.9. The van der Waals surface area contributed by atoms with Gasteiger partial charge in [-0.15, -0.1) is 0 Å². The van der Waals surface area contributed by atoms with Crippen LogP contribution in [-0.2, 0) is 14.8 Å². The summed E-state index contributed by atoms with van der Waals surface area (Å²) in [6.07, 6.45) is 1.10. The number of sulfonamides is 1. The minimum absolute atomic E-state index is 0.252. The standard InChI is InChI=1S/C22H28FN3O4S/c1-4-30-21-11-9-20(10-12-21)26(31(3,28)29)17(2)22(27)25-15-13-24(14-16-25)19-7-5-18(23)6-8-19/h5-12,17H,4,13-16H2,1-3H3. The first-order chi connectivity index (χ1) is 14.7. The van der Waals surface area contributed by atoms with Gasteiger partial charge in [-0.25, -0.2) is 12.8 Å². The third kappa shape index (κ3) is 5.46. The molecule has 1 amide bonds. The number of nitrogens with zero attached hydrogens (tertiary/aromatic N) is 3. The lowest BCUT2D eigenvalue weighted by Gasteiger charge is -2.39. The van der Waals surface area contributed by atoms with Gasteiger partial charge in [-0.3, -0.25) is 9.10 Å². The van der Waals surface area contributed by atoms with Gasteiger partial charge in [-0.2, -0.15) is 0 Å². The van der Waals surface area contributed by atoms with Gasteiger partial charge in [-0.1, -0.05) is 0 Å². The van der Waals surface area contributed by atoms with Gasteiger partial charge in [-0.05, 0) is 62.4 Å². The zero-order chi connectivity index (χ0) is 22.6. The molecule has 1 fully saturated rings. The molecule has 7 nitrogen and oxygen atoms in total. The molecule has 1 atom stereocenters. The van der Waals surface area contributed by atoms with E-state index in [4.69, 9.17) is 4.74 Å². The molecule has 0 N–H and O–H groups in total. The highest BCUT2D eigenvalue weighted by Crippen LogP contribution is 2.25. The van der Waals surface area contributed by atoms with Gasteiger partial charge >= 0.3 is 0 Å². The van der Waals surface area contributed by atoms with E-state index >= 15 is 0 Å². The molecule has 1 aliphatic heterocycles. The van der Waals surface area contributed by atoms with Crippen LogP contribution in [0.3, 0.4) is 0 Å². The molecule has 2 aromatic rings. The Kier molecular flexibility index (Phi) is 7.04. The summed E-state index contributed by atoms with van der Waals surface area (Å²) < 4.78 is 44.8. The quantitative estimate of drug-likeness (QED) is 0.650. The molecule has 0 aromatic heterocycles. The molecule has 3 rings (SSSR count). The average molecular weight is 450 g/mol. The van der Waals surface area contributed by atoms with Gasteiger partial charge in [0.15, 0.2) is 0 Å². The molecule has 0 bridgehead atoms. The Balaban J connectivity index is 1.71. The van der Waals surface area contributed by atoms with Crippen LogP contribution in [-0.4, -0.2) is 64.3 Å². The van der Waals surface area contributed by atoms with Crippen LogP contribution < -0.4 is 13.9 Å². The maximum atomic E-state index is 13.2. The van der Waals surface area contributed by atoms with E-state index in [2.05, 4.69) is 4.90 Å². The molecular formula is C22H28FN3O4S. The van der Waals surface area contributed by atoms with Crippen molar-refractivity contribution in [3.8, 4) is 5.75 Å². The summed E-state index contributed by atoms with van der Waals surface area (Å²) in [7, 11) is -3.68. The number of ether oxygens (including phenoxy) is 1. The van der Waals surface area contributed by atoms with Gasteiger partial charge in [0.2, 0.25) is 15.9 Å². The number of carbonyl (C=O) groups excluding carboxylic acids is 1. The fourth-order valence-electron chi connectivity index (χ4n) is 3.76. The van der Waals surface area contributed by atoms with Crippen LogP contribution in [0.2, 0.25) is 0 Å². The van der Waals surface area contributed by atoms with E-state index in [1.807, 2.05) is 6.92 Å². The fourth-order valence-corrected chi connectivity index (χ4v) is 4.93. The molecule has 1 aliphatic rings. The number of benzene rings is 2. The number of carbonyl (C=O) groups is 1. The van der Waals surface area contributed by atoms with Crippen LogP contribution in [0.15, 0.2) is 48.5 Å². The zero-order valence-corrected chi connectivity index (χ0v) is 18.8. The molecule has 0 aliphatic carbocycles. The zero-order valence-electron chi connectivity index (χ0n) is 18.0. The lowest BCUT2D eigenvalue weighted by molar-refractivity contribution is -0.132. The van der Waals surface area contributed by atoms with Crippen molar-refractivity contribution in [2.45, 2.75) is 19.9 Å². The molecule has 1 unspecified atom stereocenters. The van der Waals surface area contributed by atoms with Crippen LogP contribution in [0.25, 0.3) is 0 Å². The molecule has 31 heavy (non-hydrogen) atoms. The second-order valence-electron chi connectivity index (χ2n) is 7.45. The summed E-state index contributed by atoms with van der Waals surface area (Å²) in [5.41, 5.74) is 1.31. The lowest BCUT2D eigenvalue weighted by Crippen LogP contribution is -2.55. The number of rotatable bonds is 7. The highest BCUT2D eigenvalue weighted by molar-refractivity contribution is 7.92. The molecule has 0 spiro atoms. The summed E-state index contributed by atoms with van der Waals surface area (Å²) in [5, 5.41) is 0. The van der Waals surface area contributed by atoms with Gasteiger partial charge in [0, 0.05) is 31.9 Å². The van der Waals surface area contributed by atoms with E-state index in [0.29, 0.717) is 44.2 Å². The van der Waals surface area contributed by atoms with Gasteiger partial charge in [0.1, 0.15) is 17.6 Å². The predicted molar refractivity (Wildman–Crippen MR) is 120 cm³/mol. The topological polar surface area (TPSA) is 70.2 Å². The Morgan fingerprint density at radius 3 is 2.16 bits per heavy atom. The van der Waals surface area contributed by atoms with Crippen molar-refractivity contribution >= 4 is 27.3 Å². The number of hydrogen-bond acceptors (Lipinski definition) is 5. The smallest absolute Gasteiger partial charge is 0.246 e. The van der Waals surface area contributed by atoms with E-state index in [9.17, 15) is 17.6 Å². The molecule has 1 saturated heterocycles. The monoisotopic (exact) mass is 449 g/mol. The SMILES string of the molecule is CCOc1ccc(N(C(C)C(=O)N2CCN(c3ccc(F)cc3)CC2)S(C)(=O)=O)cc1. The minimum atomic E-state index is -3.68. The maximum absolute atomic E-state index is 13.2. The number of halogens is 1. The summed E-state index contributed by atoms with van der Waals surface area (Å²) in [6, 6.07) is 12.0. The van der Waals surface area contributed by atoms with Crippen molar-refractivity contribution < 1.29 is 22.3 Å². The van der Waals surface area contributed by atoms with Gasteiger partial charge < -0.3 is 14.5 Å². The molecule has 9 heteroatoms. The van der Waals surface area contributed by atoms with Crippen molar-refractivity contribution in [1.82, 2.24) is 4.90 Å². The summed E-state index contributed by atoms with van der Waals surface area (Å²) in [5.74, 6) is 0.0928. The van der Waals surface area contributed by atoms with Crippen LogP contribution in [0.5, 0.6) is 5.75 Å². The van der Waals surface area contributed by atoms with Gasteiger partial charge in [0.25, 0.3) is 0 Å². The van der Waals surface area contributed by atoms with E-state index in [1.165, 1.54) is 12.1 Å². The first-order valence-corrected chi connectivity index (χ1v) is 12.1. The highest BCUT2D eigenvalue weighted by atomic mass is 32.2. The Morgan fingerprint density at radius 1 is 1.06 bits per heavy atom.